The van der Waals surface area contributed by atoms with E-state index >= 15 is 0 Å². The summed E-state index contributed by atoms with van der Waals surface area (Å²) in [7, 11) is 1.90. The van der Waals surface area contributed by atoms with Crippen molar-refractivity contribution in [3.05, 3.63) is 62.1 Å². The molecule has 0 radical (unpaired) electrons. The number of aromatic nitrogens is 3. The van der Waals surface area contributed by atoms with Gasteiger partial charge in [-0.15, -0.1) is 10.2 Å². The Labute approximate surface area is 163 Å². The zero-order chi connectivity index (χ0) is 17.3. The number of thioether (sulfide) groups is 1. The molecule has 0 fully saturated rings. The Hall–Kier alpha value is -0.910. The van der Waals surface area contributed by atoms with E-state index < -0.39 is 0 Å². The zero-order valence-electron chi connectivity index (χ0n) is 12.4. The quantitative estimate of drug-likeness (QED) is 0.460. The Balaban J connectivity index is 1.81. The number of halogens is 4. The van der Waals surface area contributed by atoms with Gasteiger partial charge < -0.3 is 4.57 Å². The first-order valence-electron chi connectivity index (χ1n) is 6.87. The van der Waals surface area contributed by atoms with Crippen LogP contribution in [0.15, 0.2) is 41.6 Å². The lowest BCUT2D eigenvalue weighted by molar-refractivity contribution is 0.794. The number of rotatable bonds is 4. The van der Waals surface area contributed by atoms with Gasteiger partial charge in [0.1, 0.15) is 0 Å². The van der Waals surface area contributed by atoms with Crippen LogP contribution in [0.25, 0.3) is 11.4 Å². The summed E-state index contributed by atoms with van der Waals surface area (Å²) in [5.74, 6) is 1.39. The Morgan fingerprint density at radius 1 is 0.917 bits per heavy atom. The minimum atomic E-state index is 0.541. The maximum Gasteiger partial charge on any atom is 0.191 e. The van der Waals surface area contributed by atoms with Gasteiger partial charge in [0.25, 0.3) is 0 Å². The maximum atomic E-state index is 6.25. The molecule has 0 N–H and O–H groups in total. The van der Waals surface area contributed by atoms with Gasteiger partial charge in [-0.25, -0.2) is 0 Å². The summed E-state index contributed by atoms with van der Waals surface area (Å²) in [6, 6.07) is 10.9. The first-order valence-corrected chi connectivity index (χ1v) is 9.37. The highest BCUT2D eigenvalue weighted by atomic mass is 35.5. The van der Waals surface area contributed by atoms with Crippen molar-refractivity contribution in [2.24, 2.45) is 7.05 Å². The molecule has 3 aromatic rings. The van der Waals surface area contributed by atoms with Crippen LogP contribution in [-0.2, 0) is 12.8 Å². The second-order valence-electron chi connectivity index (χ2n) is 5.03. The van der Waals surface area contributed by atoms with Gasteiger partial charge in [0.2, 0.25) is 0 Å². The predicted molar refractivity (Wildman–Crippen MR) is 102 cm³/mol. The molecule has 3 rings (SSSR count). The van der Waals surface area contributed by atoms with Crippen molar-refractivity contribution in [2.45, 2.75) is 10.9 Å². The first-order chi connectivity index (χ1) is 11.5. The van der Waals surface area contributed by atoms with Crippen molar-refractivity contribution in [3.63, 3.8) is 0 Å². The molecule has 0 saturated carbocycles. The average molecular weight is 419 g/mol. The summed E-state index contributed by atoms with van der Waals surface area (Å²) in [5.41, 5.74) is 1.85. The Kier molecular flexibility index (Phi) is 5.63. The Morgan fingerprint density at radius 2 is 1.71 bits per heavy atom. The minimum absolute atomic E-state index is 0.541. The summed E-state index contributed by atoms with van der Waals surface area (Å²) in [6.45, 7) is 0. The molecular formula is C16H11Cl4N3S. The molecule has 0 spiro atoms. The van der Waals surface area contributed by atoms with Gasteiger partial charge in [-0.3, -0.25) is 0 Å². The van der Waals surface area contributed by atoms with Crippen LogP contribution >= 0.6 is 58.2 Å². The number of nitrogens with zero attached hydrogens (tertiary/aromatic N) is 3. The Bertz CT molecular complexity index is 895. The van der Waals surface area contributed by atoms with Crippen LogP contribution in [-0.4, -0.2) is 14.8 Å². The van der Waals surface area contributed by atoms with E-state index in [1.165, 1.54) is 0 Å². The van der Waals surface area contributed by atoms with Gasteiger partial charge in [-0.2, -0.15) is 0 Å². The van der Waals surface area contributed by atoms with Crippen LogP contribution < -0.4 is 0 Å². The third-order valence-electron chi connectivity index (χ3n) is 3.36. The molecule has 1 aromatic heterocycles. The van der Waals surface area contributed by atoms with Crippen LogP contribution in [0.5, 0.6) is 0 Å². The molecule has 0 saturated heterocycles. The number of hydrogen-bond donors (Lipinski definition) is 0. The molecule has 0 aliphatic heterocycles. The molecular weight excluding hydrogens is 408 g/mol. The molecule has 0 bridgehead atoms. The topological polar surface area (TPSA) is 30.7 Å². The van der Waals surface area contributed by atoms with Gasteiger partial charge in [-0.05, 0) is 35.9 Å². The van der Waals surface area contributed by atoms with Crippen LogP contribution in [0.1, 0.15) is 5.56 Å². The summed E-state index contributed by atoms with van der Waals surface area (Å²) in [4.78, 5) is 0. The molecule has 1 heterocycles. The van der Waals surface area contributed by atoms with Crippen molar-refractivity contribution in [1.82, 2.24) is 14.8 Å². The van der Waals surface area contributed by atoms with Crippen molar-refractivity contribution in [1.29, 1.82) is 0 Å². The van der Waals surface area contributed by atoms with Crippen molar-refractivity contribution >= 4 is 58.2 Å². The van der Waals surface area contributed by atoms with Crippen LogP contribution in [0.4, 0.5) is 0 Å². The third-order valence-corrected chi connectivity index (χ3v) is 5.74. The summed E-state index contributed by atoms with van der Waals surface area (Å²) < 4.78 is 1.90. The van der Waals surface area contributed by atoms with Gasteiger partial charge in [-0.1, -0.05) is 64.2 Å². The number of benzene rings is 2. The van der Waals surface area contributed by atoms with E-state index in [2.05, 4.69) is 10.2 Å². The lowest BCUT2D eigenvalue weighted by Crippen LogP contribution is -1.95. The summed E-state index contributed by atoms with van der Waals surface area (Å²) >= 11 is 25.7. The molecule has 124 valence electrons. The van der Waals surface area contributed by atoms with Gasteiger partial charge in [0.15, 0.2) is 11.0 Å². The van der Waals surface area contributed by atoms with Gasteiger partial charge in [0.05, 0.1) is 15.1 Å². The molecule has 0 unspecified atom stereocenters. The van der Waals surface area contributed by atoms with E-state index in [0.717, 1.165) is 16.3 Å². The number of hydrogen-bond acceptors (Lipinski definition) is 3. The fraction of sp³-hybridized carbons (Fsp3) is 0.125. The molecule has 0 aliphatic carbocycles. The second-order valence-corrected chi connectivity index (χ2v) is 7.63. The highest BCUT2D eigenvalue weighted by Crippen LogP contribution is 2.32. The van der Waals surface area contributed by atoms with Crippen LogP contribution in [0.2, 0.25) is 20.1 Å². The third kappa shape index (κ3) is 3.84. The SMILES string of the molecule is Cn1c(SCc2ccc(Cl)c(Cl)c2)nnc1-c1ccc(Cl)cc1Cl. The van der Waals surface area contributed by atoms with Crippen molar-refractivity contribution in [2.75, 3.05) is 0 Å². The van der Waals surface area contributed by atoms with Crippen LogP contribution in [0, 0.1) is 0 Å². The minimum Gasteiger partial charge on any atom is -0.305 e. The monoisotopic (exact) mass is 417 g/mol. The van der Waals surface area contributed by atoms with Crippen molar-refractivity contribution in [3.8, 4) is 11.4 Å². The molecule has 8 heteroatoms. The fourth-order valence-corrected chi connectivity index (χ4v) is 3.79. The normalized spacial score (nSPS) is 11.0. The molecule has 0 amide bonds. The largest absolute Gasteiger partial charge is 0.305 e. The van der Waals surface area contributed by atoms with E-state index in [-0.39, 0.29) is 0 Å². The highest BCUT2D eigenvalue weighted by molar-refractivity contribution is 7.98. The summed E-state index contributed by atoms with van der Waals surface area (Å²) in [6.07, 6.45) is 0. The molecule has 0 atom stereocenters. The molecule has 24 heavy (non-hydrogen) atoms. The average Bonchev–Trinajstić information content (AvgIpc) is 2.89. The van der Waals surface area contributed by atoms with Crippen molar-refractivity contribution < 1.29 is 0 Å². The molecule has 0 aliphatic rings. The standard InChI is InChI=1S/C16H11Cl4N3S/c1-23-15(11-4-3-10(17)7-13(11)19)21-22-16(23)24-8-9-2-5-12(18)14(20)6-9/h2-7H,8H2,1H3. The highest BCUT2D eigenvalue weighted by Gasteiger charge is 2.14. The predicted octanol–water partition coefficient (Wildman–Crippen LogP) is 6.39. The van der Waals surface area contributed by atoms with Crippen LogP contribution in [0.3, 0.4) is 0 Å². The van der Waals surface area contributed by atoms with E-state index in [1.54, 1.807) is 30.0 Å². The molecule has 2 aromatic carbocycles. The fourth-order valence-electron chi connectivity index (χ4n) is 2.12. The van der Waals surface area contributed by atoms with E-state index in [9.17, 15) is 0 Å². The molecule has 3 nitrogen and oxygen atoms in total. The maximum absolute atomic E-state index is 6.25. The van der Waals surface area contributed by atoms with Gasteiger partial charge in [0, 0.05) is 23.4 Å². The summed E-state index contributed by atoms with van der Waals surface area (Å²) in [5, 5.41) is 11.5. The lowest BCUT2D eigenvalue weighted by Gasteiger charge is -2.06. The zero-order valence-corrected chi connectivity index (χ0v) is 16.3. The van der Waals surface area contributed by atoms with E-state index in [0.29, 0.717) is 31.7 Å². The smallest absolute Gasteiger partial charge is 0.191 e. The van der Waals surface area contributed by atoms with E-state index in [1.807, 2.05) is 29.8 Å². The lowest BCUT2D eigenvalue weighted by atomic mass is 10.2. The van der Waals surface area contributed by atoms with Gasteiger partial charge >= 0.3 is 0 Å². The first kappa shape index (κ1) is 17.9. The Morgan fingerprint density at radius 3 is 2.42 bits per heavy atom. The second kappa shape index (κ2) is 7.54. The van der Waals surface area contributed by atoms with E-state index in [4.69, 9.17) is 46.4 Å².